The van der Waals surface area contributed by atoms with E-state index in [0.29, 0.717) is 11.1 Å². The molecule has 114 valence electrons. The van der Waals surface area contributed by atoms with Gasteiger partial charge >= 0.3 is 5.97 Å². The topological polar surface area (TPSA) is 79.2 Å². The fraction of sp³-hybridized carbons (Fsp3) is 0.353. The molecule has 0 aliphatic heterocycles. The predicted octanol–water partition coefficient (Wildman–Crippen LogP) is 2.44. The Morgan fingerprint density at radius 2 is 1.91 bits per heavy atom. The number of carbonyl (C=O) groups is 2. The quantitative estimate of drug-likeness (QED) is 0.526. The van der Waals surface area contributed by atoms with Gasteiger partial charge in [-0.3, -0.25) is 4.79 Å². The van der Waals surface area contributed by atoms with Crippen molar-refractivity contribution in [3.63, 3.8) is 0 Å². The Bertz CT molecular complexity index is 620. The maximum absolute atomic E-state index is 12.1. The molecule has 22 heavy (non-hydrogen) atoms. The molecule has 5 nitrogen and oxygen atoms in total. The zero-order valence-corrected chi connectivity index (χ0v) is 12.5. The average molecular weight is 298 g/mol. The maximum atomic E-state index is 12.1. The molecule has 1 saturated carbocycles. The highest BCUT2D eigenvalue weighted by molar-refractivity contribution is 6.02. The summed E-state index contributed by atoms with van der Waals surface area (Å²) in [6.45, 7) is 0. The molecule has 2 rings (SSSR count). The highest BCUT2D eigenvalue weighted by atomic mass is 16.5. The minimum absolute atomic E-state index is 0.0673. The highest BCUT2D eigenvalue weighted by Gasteiger charge is 2.19. The van der Waals surface area contributed by atoms with Crippen LogP contribution in [-0.2, 0) is 9.53 Å². The number of methoxy groups -OCH3 is 1. The lowest BCUT2D eigenvalue weighted by molar-refractivity contribution is -0.117. The van der Waals surface area contributed by atoms with Crippen LogP contribution in [0.2, 0.25) is 0 Å². The van der Waals surface area contributed by atoms with Crippen molar-refractivity contribution in [3.8, 4) is 6.07 Å². The van der Waals surface area contributed by atoms with Crippen LogP contribution in [0.1, 0.15) is 41.6 Å². The number of nitriles is 1. The number of nitrogens with zero attached hydrogens (tertiary/aromatic N) is 1. The van der Waals surface area contributed by atoms with Gasteiger partial charge in [0.05, 0.1) is 12.7 Å². The van der Waals surface area contributed by atoms with Crippen LogP contribution in [-0.4, -0.2) is 25.0 Å². The first-order chi connectivity index (χ1) is 10.6. The Hall–Kier alpha value is -2.61. The molecule has 1 N–H and O–H groups in total. The molecule has 0 heterocycles. The molecule has 5 heteroatoms. The summed E-state index contributed by atoms with van der Waals surface area (Å²) in [5.41, 5.74) is 1.18. The third-order valence-electron chi connectivity index (χ3n) is 3.70. The fourth-order valence-electron chi connectivity index (χ4n) is 2.48. The third kappa shape index (κ3) is 3.95. The zero-order chi connectivity index (χ0) is 15.9. The first-order valence-electron chi connectivity index (χ1n) is 7.25. The minimum Gasteiger partial charge on any atom is -0.465 e. The van der Waals surface area contributed by atoms with Crippen LogP contribution >= 0.6 is 0 Å². The van der Waals surface area contributed by atoms with E-state index >= 15 is 0 Å². The summed E-state index contributed by atoms with van der Waals surface area (Å²) in [6.07, 6.45) is 5.69. The maximum Gasteiger partial charge on any atom is 0.337 e. The Labute approximate surface area is 129 Å². The molecule has 1 aromatic carbocycles. The second-order valence-corrected chi connectivity index (χ2v) is 5.24. The number of nitrogens with one attached hydrogen (secondary N) is 1. The summed E-state index contributed by atoms with van der Waals surface area (Å²) in [7, 11) is 1.32. The summed E-state index contributed by atoms with van der Waals surface area (Å²) in [5, 5.41) is 12.0. The van der Waals surface area contributed by atoms with Crippen LogP contribution in [0.15, 0.2) is 29.8 Å². The highest BCUT2D eigenvalue weighted by Crippen LogP contribution is 2.18. The van der Waals surface area contributed by atoms with Gasteiger partial charge in [0.1, 0.15) is 11.6 Å². The predicted molar refractivity (Wildman–Crippen MR) is 81.8 cm³/mol. The van der Waals surface area contributed by atoms with Crippen molar-refractivity contribution in [3.05, 3.63) is 41.0 Å². The molecule has 1 fully saturated rings. The number of hydrogen-bond donors (Lipinski definition) is 1. The molecule has 0 aromatic heterocycles. The van der Waals surface area contributed by atoms with E-state index in [1.54, 1.807) is 24.3 Å². The van der Waals surface area contributed by atoms with Gasteiger partial charge in [0.2, 0.25) is 0 Å². The van der Waals surface area contributed by atoms with E-state index in [4.69, 9.17) is 5.26 Å². The Balaban J connectivity index is 2.09. The van der Waals surface area contributed by atoms with Gasteiger partial charge in [-0.1, -0.05) is 25.0 Å². The molecule has 0 unspecified atom stereocenters. The number of ether oxygens (including phenoxy) is 1. The second kappa shape index (κ2) is 7.41. The number of carbonyl (C=O) groups excluding carboxylic acids is 2. The summed E-state index contributed by atoms with van der Waals surface area (Å²) in [4.78, 5) is 23.4. The van der Waals surface area contributed by atoms with E-state index in [0.717, 1.165) is 25.7 Å². The van der Waals surface area contributed by atoms with Gasteiger partial charge < -0.3 is 10.1 Å². The second-order valence-electron chi connectivity index (χ2n) is 5.24. The smallest absolute Gasteiger partial charge is 0.337 e. The number of rotatable bonds is 4. The van der Waals surface area contributed by atoms with Crippen molar-refractivity contribution in [2.45, 2.75) is 31.7 Å². The Kier molecular flexibility index (Phi) is 5.31. The van der Waals surface area contributed by atoms with E-state index in [-0.39, 0.29) is 17.5 Å². The third-order valence-corrected chi connectivity index (χ3v) is 3.70. The van der Waals surface area contributed by atoms with Crippen LogP contribution in [0.5, 0.6) is 0 Å². The van der Waals surface area contributed by atoms with Crippen molar-refractivity contribution in [2.24, 2.45) is 0 Å². The molecule has 0 saturated heterocycles. The van der Waals surface area contributed by atoms with E-state index < -0.39 is 5.97 Å². The zero-order valence-electron chi connectivity index (χ0n) is 12.5. The van der Waals surface area contributed by atoms with Crippen LogP contribution in [0.25, 0.3) is 6.08 Å². The van der Waals surface area contributed by atoms with Gasteiger partial charge in [-0.05, 0) is 36.6 Å². The summed E-state index contributed by atoms with van der Waals surface area (Å²) >= 11 is 0. The molecular formula is C17H18N2O3. The Morgan fingerprint density at radius 1 is 1.27 bits per heavy atom. The largest absolute Gasteiger partial charge is 0.465 e. The van der Waals surface area contributed by atoms with Crippen molar-refractivity contribution >= 4 is 18.0 Å². The van der Waals surface area contributed by atoms with Gasteiger partial charge in [0.25, 0.3) is 5.91 Å². The van der Waals surface area contributed by atoms with E-state index in [9.17, 15) is 9.59 Å². The minimum atomic E-state index is -0.421. The van der Waals surface area contributed by atoms with Gasteiger partial charge in [-0.15, -0.1) is 0 Å². The van der Waals surface area contributed by atoms with Gasteiger partial charge in [0, 0.05) is 6.04 Å². The molecule has 0 spiro atoms. The SMILES string of the molecule is COC(=O)c1ccc(/C=C(/C#N)C(=O)NC2CCCC2)cc1. The lowest BCUT2D eigenvalue weighted by Crippen LogP contribution is -2.33. The standard InChI is InChI=1S/C17H18N2O3/c1-22-17(21)13-8-6-12(7-9-13)10-14(11-18)16(20)19-15-4-2-3-5-15/h6-10,15H,2-5H2,1H3,(H,19,20)/b14-10-. The van der Waals surface area contributed by atoms with E-state index in [1.165, 1.54) is 13.2 Å². The van der Waals surface area contributed by atoms with Crippen LogP contribution < -0.4 is 5.32 Å². The molecule has 1 amide bonds. The average Bonchev–Trinajstić information content (AvgIpc) is 3.05. The van der Waals surface area contributed by atoms with Crippen LogP contribution in [0.3, 0.4) is 0 Å². The van der Waals surface area contributed by atoms with Crippen LogP contribution in [0, 0.1) is 11.3 Å². The van der Waals surface area contributed by atoms with E-state index in [1.807, 2.05) is 6.07 Å². The number of hydrogen-bond acceptors (Lipinski definition) is 4. The monoisotopic (exact) mass is 298 g/mol. The van der Waals surface area contributed by atoms with Gasteiger partial charge in [0.15, 0.2) is 0 Å². The molecule has 1 aliphatic carbocycles. The lowest BCUT2D eigenvalue weighted by Gasteiger charge is -2.10. The Morgan fingerprint density at radius 3 is 2.45 bits per heavy atom. The van der Waals surface area contributed by atoms with Crippen molar-refractivity contribution < 1.29 is 14.3 Å². The van der Waals surface area contributed by atoms with Crippen molar-refractivity contribution in [2.75, 3.05) is 7.11 Å². The number of esters is 1. The van der Waals surface area contributed by atoms with Gasteiger partial charge in [-0.25, -0.2) is 4.79 Å². The first-order valence-corrected chi connectivity index (χ1v) is 7.25. The number of amides is 1. The van der Waals surface area contributed by atoms with Crippen molar-refractivity contribution in [1.82, 2.24) is 5.32 Å². The summed E-state index contributed by atoms with van der Waals surface area (Å²) in [6, 6.07) is 8.65. The lowest BCUT2D eigenvalue weighted by atomic mass is 10.1. The molecule has 0 bridgehead atoms. The summed E-state index contributed by atoms with van der Waals surface area (Å²) in [5.74, 6) is -0.763. The first kappa shape index (κ1) is 15.8. The molecule has 1 aromatic rings. The van der Waals surface area contributed by atoms with Crippen molar-refractivity contribution in [1.29, 1.82) is 5.26 Å². The summed E-state index contributed by atoms with van der Waals surface area (Å²) < 4.78 is 4.62. The van der Waals surface area contributed by atoms with Gasteiger partial charge in [-0.2, -0.15) is 5.26 Å². The molecule has 0 radical (unpaired) electrons. The number of benzene rings is 1. The van der Waals surface area contributed by atoms with E-state index in [2.05, 4.69) is 10.1 Å². The fourth-order valence-corrected chi connectivity index (χ4v) is 2.48. The normalized spacial score (nSPS) is 15.2. The molecule has 0 atom stereocenters. The molecule has 1 aliphatic rings. The molecular weight excluding hydrogens is 280 g/mol. The van der Waals surface area contributed by atoms with Crippen LogP contribution in [0.4, 0.5) is 0 Å².